The number of nitrogens with zero attached hydrogens (tertiary/aromatic N) is 1. The number of hydrogen-bond acceptors (Lipinski definition) is 10. The van der Waals surface area contributed by atoms with Gasteiger partial charge in [0.1, 0.15) is 12.6 Å². The van der Waals surface area contributed by atoms with Gasteiger partial charge in [0.25, 0.3) is 0 Å². The summed E-state index contributed by atoms with van der Waals surface area (Å²) in [4.78, 5) is 50.9. The highest BCUT2D eigenvalue weighted by molar-refractivity contribution is 8.14. The monoisotopic (exact) mass is 488 g/mol. The summed E-state index contributed by atoms with van der Waals surface area (Å²) in [6.45, 7) is 7.63. The highest BCUT2D eigenvalue weighted by Crippen LogP contribution is 2.31. The zero-order valence-electron chi connectivity index (χ0n) is 19.8. The quantitative estimate of drug-likeness (QED) is 0.361. The van der Waals surface area contributed by atoms with Crippen LogP contribution in [0.4, 0.5) is 4.79 Å². The van der Waals surface area contributed by atoms with Crippen molar-refractivity contribution in [2.24, 2.45) is 5.92 Å². The zero-order chi connectivity index (χ0) is 24.3. The van der Waals surface area contributed by atoms with Crippen LogP contribution in [-0.4, -0.2) is 85.1 Å². The summed E-state index contributed by atoms with van der Waals surface area (Å²) in [6.07, 6.45) is 4.70. The van der Waals surface area contributed by atoms with Crippen molar-refractivity contribution in [3.63, 3.8) is 0 Å². The average molecular weight is 489 g/mol. The van der Waals surface area contributed by atoms with Crippen molar-refractivity contribution in [3.8, 4) is 0 Å². The predicted molar refractivity (Wildman–Crippen MR) is 122 cm³/mol. The molecule has 1 saturated carbocycles. The van der Waals surface area contributed by atoms with Crippen LogP contribution in [0, 0.1) is 5.92 Å². The molecule has 10 nitrogen and oxygen atoms in total. The summed E-state index contributed by atoms with van der Waals surface area (Å²) in [5.41, 5.74) is 0. The van der Waals surface area contributed by atoms with E-state index >= 15 is 0 Å². The highest BCUT2D eigenvalue weighted by Gasteiger charge is 2.40. The molecule has 1 heterocycles. The molecule has 11 heteroatoms. The number of ether oxygens (including phenoxy) is 4. The van der Waals surface area contributed by atoms with Crippen LogP contribution in [-0.2, 0) is 33.3 Å². The summed E-state index contributed by atoms with van der Waals surface area (Å²) in [7, 11) is 0. The van der Waals surface area contributed by atoms with E-state index in [0.29, 0.717) is 19.8 Å². The topological polar surface area (TPSA) is 120 Å². The van der Waals surface area contributed by atoms with Crippen LogP contribution in [0.1, 0.15) is 52.9 Å². The molecule has 0 bridgehead atoms. The van der Waals surface area contributed by atoms with E-state index in [0.717, 1.165) is 57.0 Å². The highest BCUT2D eigenvalue weighted by atomic mass is 32.2. The fourth-order valence-electron chi connectivity index (χ4n) is 3.80. The fraction of sp³-hybridized carbons (Fsp3) is 0.818. The van der Waals surface area contributed by atoms with Crippen molar-refractivity contribution in [1.82, 2.24) is 10.2 Å². The van der Waals surface area contributed by atoms with Crippen LogP contribution in [0.5, 0.6) is 0 Å². The van der Waals surface area contributed by atoms with E-state index in [9.17, 15) is 19.2 Å². The number of carbonyl (C=O) groups is 4. The minimum atomic E-state index is -1.07. The van der Waals surface area contributed by atoms with E-state index in [1.807, 2.05) is 0 Å². The molecule has 1 N–H and O–H groups in total. The minimum Gasteiger partial charge on any atom is -0.463 e. The summed E-state index contributed by atoms with van der Waals surface area (Å²) in [6, 6.07) is -1.07. The van der Waals surface area contributed by atoms with Gasteiger partial charge in [0, 0.05) is 26.6 Å². The lowest BCUT2D eigenvalue weighted by Gasteiger charge is -2.31. The summed E-state index contributed by atoms with van der Waals surface area (Å²) >= 11 is 0.734. The Hall–Kier alpha value is -1.85. The van der Waals surface area contributed by atoms with Gasteiger partial charge in [-0.05, 0) is 38.5 Å². The second kappa shape index (κ2) is 13.8. The van der Waals surface area contributed by atoms with Gasteiger partial charge in [0.2, 0.25) is 12.7 Å². The Balaban J connectivity index is 1.80. The first-order chi connectivity index (χ1) is 15.7. The number of nitrogens with one attached hydrogen (secondary N) is 1. The molecule has 0 aromatic heterocycles. The van der Waals surface area contributed by atoms with Crippen LogP contribution in [0.2, 0.25) is 0 Å². The Morgan fingerprint density at radius 3 is 2.36 bits per heavy atom. The number of rotatable bonds is 10. The molecule has 1 amide bonds. The maximum Gasteiger partial charge on any atom is 0.370 e. The SMILES string of the molecule is CC(=O)N[C@@H](C(=O)OCCN1CCOCC1)C(C)(C)SC(=O)OCOC(=O)C1CCCCC1. The fourth-order valence-corrected chi connectivity index (χ4v) is 4.61. The number of hydrogen-bond donors (Lipinski definition) is 1. The second-order valence-electron chi connectivity index (χ2n) is 8.77. The molecule has 188 valence electrons. The van der Waals surface area contributed by atoms with Gasteiger partial charge in [-0.3, -0.25) is 14.5 Å². The number of esters is 2. The summed E-state index contributed by atoms with van der Waals surface area (Å²) in [5, 5.41) is 1.86. The van der Waals surface area contributed by atoms with Crippen LogP contribution in [0.25, 0.3) is 0 Å². The third kappa shape index (κ3) is 9.89. The second-order valence-corrected chi connectivity index (χ2v) is 10.4. The van der Waals surface area contributed by atoms with E-state index in [-0.39, 0.29) is 18.5 Å². The minimum absolute atomic E-state index is 0.141. The van der Waals surface area contributed by atoms with Gasteiger partial charge < -0.3 is 24.3 Å². The molecule has 1 saturated heterocycles. The van der Waals surface area contributed by atoms with Crippen molar-refractivity contribution < 1.29 is 38.1 Å². The Labute approximate surface area is 199 Å². The van der Waals surface area contributed by atoms with Crippen LogP contribution < -0.4 is 5.32 Å². The molecule has 0 aromatic rings. The van der Waals surface area contributed by atoms with Gasteiger partial charge in [-0.15, -0.1) is 0 Å². The van der Waals surface area contributed by atoms with Crippen molar-refractivity contribution in [3.05, 3.63) is 0 Å². The lowest BCUT2D eigenvalue weighted by molar-refractivity contribution is -0.157. The van der Waals surface area contributed by atoms with Crippen molar-refractivity contribution in [2.45, 2.75) is 63.7 Å². The van der Waals surface area contributed by atoms with Gasteiger partial charge in [-0.25, -0.2) is 9.59 Å². The van der Waals surface area contributed by atoms with E-state index in [2.05, 4.69) is 10.2 Å². The first-order valence-electron chi connectivity index (χ1n) is 11.5. The molecule has 1 aliphatic carbocycles. The number of thioether (sulfide) groups is 1. The summed E-state index contributed by atoms with van der Waals surface area (Å²) in [5.74, 6) is -1.55. The van der Waals surface area contributed by atoms with Gasteiger partial charge in [-0.1, -0.05) is 19.3 Å². The molecule has 0 spiro atoms. The molecule has 33 heavy (non-hydrogen) atoms. The Bertz CT molecular complexity index is 675. The normalized spacial score (nSPS) is 18.8. The van der Waals surface area contributed by atoms with Crippen LogP contribution >= 0.6 is 11.8 Å². The third-order valence-corrected chi connectivity index (χ3v) is 6.74. The van der Waals surface area contributed by atoms with Crippen molar-refractivity contribution >= 4 is 34.9 Å². The summed E-state index contributed by atoms with van der Waals surface area (Å²) < 4.78 is 19.7. The number of morpholine rings is 1. The lowest BCUT2D eigenvalue weighted by atomic mass is 9.89. The third-order valence-electron chi connectivity index (χ3n) is 5.70. The molecule has 0 radical (unpaired) electrons. The van der Waals surface area contributed by atoms with E-state index in [1.54, 1.807) is 13.8 Å². The van der Waals surface area contributed by atoms with Gasteiger partial charge in [0.05, 0.1) is 23.9 Å². The molecule has 2 aliphatic rings. The van der Waals surface area contributed by atoms with E-state index < -0.39 is 34.8 Å². The molecule has 0 aromatic carbocycles. The van der Waals surface area contributed by atoms with E-state index in [1.165, 1.54) is 6.92 Å². The van der Waals surface area contributed by atoms with Gasteiger partial charge in [-0.2, -0.15) is 0 Å². The van der Waals surface area contributed by atoms with E-state index in [4.69, 9.17) is 18.9 Å². The average Bonchev–Trinajstić information content (AvgIpc) is 2.78. The van der Waals surface area contributed by atoms with Crippen molar-refractivity contribution in [2.75, 3.05) is 46.2 Å². The molecule has 2 rings (SSSR count). The molecular weight excluding hydrogens is 452 g/mol. The predicted octanol–water partition coefficient (Wildman–Crippen LogP) is 2.10. The Morgan fingerprint density at radius 2 is 1.73 bits per heavy atom. The van der Waals surface area contributed by atoms with Crippen LogP contribution in [0.15, 0.2) is 0 Å². The Morgan fingerprint density at radius 1 is 1.06 bits per heavy atom. The largest absolute Gasteiger partial charge is 0.463 e. The smallest absolute Gasteiger partial charge is 0.370 e. The maximum atomic E-state index is 12.7. The molecule has 1 atom stereocenters. The van der Waals surface area contributed by atoms with Crippen LogP contribution in [0.3, 0.4) is 0 Å². The van der Waals surface area contributed by atoms with Gasteiger partial charge in [0.15, 0.2) is 0 Å². The van der Waals surface area contributed by atoms with Crippen molar-refractivity contribution in [1.29, 1.82) is 0 Å². The number of carbonyl (C=O) groups excluding carboxylic acids is 4. The Kier molecular flexibility index (Phi) is 11.4. The number of amides is 1. The standard InChI is InChI=1S/C22H36N2O8S/c1-16(25)23-18(20(27)30-14-11-24-9-12-29-13-10-24)22(2,3)33-21(28)32-15-31-19(26)17-7-5-4-6-8-17/h17-18H,4-15H2,1-3H3,(H,23,25)/t18-/m0/s1. The molecule has 0 unspecified atom stereocenters. The molecular formula is C22H36N2O8S. The first-order valence-corrected chi connectivity index (χ1v) is 12.3. The molecule has 1 aliphatic heterocycles. The first kappa shape index (κ1) is 27.4. The maximum absolute atomic E-state index is 12.7. The lowest BCUT2D eigenvalue weighted by Crippen LogP contribution is -2.53. The zero-order valence-corrected chi connectivity index (χ0v) is 20.6. The molecule has 2 fully saturated rings. The van der Waals surface area contributed by atoms with Gasteiger partial charge >= 0.3 is 17.2 Å².